The molecule has 0 saturated heterocycles. The zero-order valence-electron chi connectivity index (χ0n) is 13.6. The fourth-order valence-electron chi connectivity index (χ4n) is 2.61. The molecule has 1 heterocycles. The maximum atomic E-state index is 14.8. The summed E-state index contributed by atoms with van der Waals surface area (Å²) in [5.74, 6) is -15.4. The molecule has 0 aliphatic carbocycles. The minimum Gasteiger partial charge on any atom is -0.546 e. The Morgan fingerprint density at radius 3 is 1.96 bits per heavy atom. The van der Waals surface area contributed by atoms with Gasteiger partial charge in [-0.3, -0.25) is 14.5 Å². The highest BCUT2D eigenvalue weighted by Crippen LogP contribution is 2.51. The highest BCUT2D eigenvalue weighted by atomic mass is 19.3. The van der Waals surface area contributed by atoms with Crippen molar-refractivity contribution in [2.75, 3.05) is 6.54 Å². The van der Waals surface area contributed by atoms with Crippen molar-refractivity contribution in [3.63, 3.8) is 0 Å². The molecule has 146 valence electrons. The number of rotatable bonds is 8. The third-order valence-electron chi connectivity index (χ3n) is 4.12. The second-order valence-electron chi connectivity index (χ2n) is 5.86. The third-order valence-corrected chi connectivity index (χ3v) is 4.12. The van der Waals surface area contributed by atoms with Crippen LogP contribution in [0.3, 0.4) is 0 Å². The first-order valence-corrected chi connectivity index (χ1v) is 7.70. The molecule has 1 aliphatic heterocycles. The van der Waals surface area contributed by atoms with Crippen LogP contribution in [0.15, 0.2) is 42.5 Å². The summed E-state index contributed by atoms with van der Waals surface area (Å²) in [7, 11) is 0. The van der Waals surface area contributed by atoms with Crippen molar-refractivity contribution in [2.24, 2.45) is 0 Å². The topological polar surface area (TPSA) is 77.5 Å². The molecule has 2 amide bonds. The molecule has 0 spiro atoms. The van der Waals surface area contributed by atoms with Crippen LogP contribution in [0.2, 0.25) is 0 Å². The lowest BCUT2D eigenvalue weighted by Crippen LogP contribution is -2.62. The van der Waals surface area contributed by atoms with Gasteiger partial charge in [0.1, 0.15) is 0 Å². The van der Waals surface area contributed by atoms with Crippen molar-refractivity contribution in [2.45, 2.75) is 30.4 Å². The monoisotopic (exact) mass is 390 g/mol. The number of halogens is 5. The lowest BCUT2D eigenvalue weighted by atomic mass is 9.84. The van der Waals surface area contributed by atoms with Gasteiger partial charge in [-0.1, -0.05) is 30.3 Å². The normalized spacial score (nSPS) is 17.3. The third kappa shape index (κ3) is 3.43. The standard InChI is InChI=1S/C17H14F5NO4/c18-15(19,9-4-10-23-12(24)7-8-13(23)25)17(21,22)16(20,14(26)27)11-5-2-1-3-6-11/h1-3,5-8H,4,9-10H2,(H,26,27)/p-1. The lowest BCUT2D eigenvalue weighted by Gasteiger charge is -2.39. The molecule has 0 radical (unpaired) electrons. The SMILES string of the molecule is O=C1C=CC(=O)N1CCCC(F)(F)C(F)(F)C(F)(C(=O)[O-])c1ccccc1. The zero-order chi connectivity index (χ0) is 20.5. The minimum absolute atomic E-state index is 0.548. The van der Waals surface area contributed by atoms with Gasteiger partial charge in [0.15, 0.2) is 0 Å². The van der Waals surface area contributed by atoms with Crippen molar-refractivity contribution in [1.82, 2.24) is 4.90 Å². The number of carbonyl (C=O) groups excluding carboxylic acids is 3. The highest BCUT2D eigenvalue weighted by molar-refractivity contribution is 6.12. The number of imide groups is 1. The highest BCUT2D eigenvalue weighted by Gasteiger charge is 2.70. The van der Waals surface area contributed by atoms with Crippen molar-refractivity contribution in [1.29, 1.82) is 0 Å². The van der Waals surface area contributed by atoms with E-state index in [1.54, 1.807) is 0 Å². The van der Waals surface area contributed by atoms with E-state index in [0.29, 0.717) is 17.0 Å². The zero-order valence-corrected chi connectivity index (χ0v) is 13.6. The van der Waals surface area contributed by atoms with Crippen LogP contribution in [0.1, 0.15) is 18.4 Å². The van der Waals surface area contributed by atoms with Crippen LogP contribution in [0.5, 0.6) is 0 Å². The molecule has 1 unspecified atom stereocenters. The van der Waals surface area contributed by atoms with E-state index >= 15 is 0 Å². The van der Waals surface area contributed by atoms with E-state index in [2.05, 4.69) is 0 Å². The molecule has 5 nitrogen and oxygen atoms in total. The summed E-state index contributed by atoms with van der Waals surface area (Å²) in [5, 5.41) is 11.1. The molecule has 0 N–H and O–H groups in total. The van der Waals surface area contributed by atoms with Gasteiger partial charge in [0.05, 0.1) is 5.97 Å². The van der Waals surface area contributed by atoms with Crippen molar-refractivity contribution < 1.29 is 41.4 Å². The summed E-state index contributed by atoms with van der Waals surface area (Å²) in [6.07, 6.45) is -0.692. The molecule has 0 saturated carbocycles. The van der Waals surface area contributed by atoms with Gasteiger partial charge < -0.3 is 9.90 Å². The first-order chi connectivity index (χ1) is 12.4. The quantitative estimate of drug-likeness (QED) is 0.499. The first kappa shape index (κ1) is 20.5. The molecule has 0 fully saturated rings. The van der Waals surface area contributed by atoms with E-state index in [1.807, 2.05) is 0 Å². The Morgan fingerprint density at radius 2 is 1.48 bits per heavy atom. The number of benzene rings is 1. The van der Waals surface area contributed by atoms with Gasteiger partial charge >= 0.3 is 11.8 Å². The van der Waals surface area contributed by atoms with E-state index in [0.717, 1.165) is 24.3 Å². The van der Waals surface area contributed by atoms with Crippen LogP contribution >= 0.6 is 0 Å². The van der Waals surface area contributed by atoms with Gasteiger partial charge in [0, 0.05) is 30.7 Å². The van der Waals surface area contributed by atoms with Crippen LogP contribution < -0.4 is 5.11 Å². The molecule has 1 atom stereocenters. The average molecular weight is 390 g/mol. The summed E-state index contributed by atoms with van der Waals surface area (Å²) < 4.78 is 71.7. The smallest absolute Gasteiger partial charge is 0.352 e. The summed E-state index contributed by atoms with van der Waals surface area (Å²) in [4.78, 5) is 34.2. The second-order valence-corrected chi connectivity index (χ2v) is 5.86. The largest absolute Gasteiger partial charge is 0.546 e. The molecule has 0 aromatic heterocycles. The van der Waals surface area contributed by atoms with Gasteiger partial charge in [0.2, 0.25) is 5.67 Å². The molecular formula is C17H13F5NO4-. The van der Waals surface area contributed by atoms with Crippen molar-refractivity contribution in [3.05, 3.63) is 48.0 Å². The fourth-order valence-corrected chi connectivity index (χ4v) is 2.61. The predicted octanol–water partition coefficient (Wildman–Crippen LogP) is 1.58. The van der Waals surface area contributed by atoms with Gasteiger partial charge in [-0.15, -0.1) is 0 Å². The van der Waals surface area contributed by atoms with E-state index in [-0.39, 0.29) is 0 Å². The van der Waals surface area contributed by atoms with Crippen LogP contribution in [-0.2, 0) is 20.1 Å². The Hall–Kier alpha value is -2.78. The Bertz CT molecular complexity index is 763. The summed E-state index contributed by atoms with van der Waals surface area (Å²) in [6, 6.07) is 4.55. The molecule has 1 aromatic carbocycles. The number of amides is 2. The van der Waals surface area contributed by atoms with Crippen LogP contribution in [0.25, 0.3) is 0 Å². The number of alkyl halides is 5. The number of hydrogen-bond acceptors (Lipinski definition) is 4. The van der Waals surface area contributed by atoms with E-state index in [1.165, 1.54) is 6.07 Å². The second kappa shape index (κ2) is 7.09. The molecule has 2 rings (SSSR count). The first-order valence-electron chi connectivity index (χ1n) is 7.70. The Labute approximate surface area is 150 Å². The van der Waals surface area contributed by atoms with Gasteiger partial charge in [-0.2, -0.15) is 17.6 Å². The molecule has 1 aliphatic rings. The Kier molecular flexibility index (Phi) is 5.39. The average Bonchev–Trinajstić information content (AvgIpc) is 2.93. The number of aliphatic carboxylic acids is 1. The van der Waals surface area contributed by atoms with E-state index in [9.17, 15) is 41.4 Å². The maximum absolute atomic E-state index is 14.8. The molecule has 1 aromatic rings. The fraction of sp³-hybridized carbons (Fsp3) is 0.353. The lowest BCUT2D eigenvalue weighted by molar-refractivity contribution is -0.352. The Balaban J connectivity index is 2.22. The van der Waals surface area contributed by atoms with Crippen LogP contribution in [-0.4, -0.2) is 41.1 Å². The summed E-state index contributed by atoms with van der Waals surface area (Å²) in [6.45, 7) is -0.605. The van der Waals surface area contributed by atoms with E-state index in [4.69, 9.17) is 0 Å². The predicted molar refractivity (Wildman–Crippen MR) is 79.2 cm³/mol. The van der Waals surface area contributed by atoms with E-state index < -0.39 is 60.2 Å². The maximum Gasteiger partial charge on any atom is 0.352 e. The summed E-state index contributed by atoms with van der Waals surface area (Å²) in [5.41, 5.74) is -5.97. The number of carbonyl (C=O) groups is 3. The van der Waals surface area contributed by atoms with Gasteiger partial charge in [-0.25, -0.2) is 4.39 Å². The van der Waals surface area contributed by atoms with Crippen LogP contribution in [0.4, 0.5) is 22.0 Å². The number of hydrogen-bond donors (Lipinski definition) is 0. The molecule has 27 heavy (non-hydrogen) atoms. The summed E-state index contributed by atoms with van der Waals surface area (Å²) >= 11 is 0. The molecule has 0 bridgehead atoms. The van der Waals surface area contributed by atoms with Crippen LogP contribution in [0, 0.1) is 0 Å². The molecule has 10 heteroatoms. The number of nitrogens with zero attached hydrogens (tertiary/aromatic N) is 1. The van der Waals surface area contributed by atoms with Gasteiger partial charge in [0.25, 0.3) is 11.8 Å². The van der Waals surface area contributed by atoms with Gasteiger partial charge in [-0.05, 0) is 6.42 Å². The Morgan fingerprint density at radius 1 is 0.963 bits per heavy atom. The van der Waals surface area contributed by atoms with Crippen molar-refractivity contribution >= 4 is 17.8 Å². The molecular weight excluding hydrogens is 377 g/mol. The minimum atomic E-state index is -5.66. The van der Waals surface area contributed by atoms with Crippen molar-refractivity contribution in [3.8, 4) is 0 Å². The number of carboxylic acids is 1. The number of carboxylic acid groups (broad SMARTS) is 1.